The van der Waals surface area contributed by atoms with E-state index in [1.165, 1.54) is 0 Å². The van der Waals surface area contributed by atoms with Gasteiger partial charge in [0, 0.05) is 22.0 Å². The molecule has 0 saturated carbocycles. The Morgan fingerprint density at radius 1 is 0.966 bits per heavy atom. The number of carbonyl (C=O) groups is 1. The summed E-state index contributed by atoms with van der Waals surface area (Å²) in [6.07, 6.45) is 0. The predicted octanol–water partition coefficient (Wildman–Crippen LogP) is 3.63. The fourth-order valence-corrected chi connectivity index (χ4v) is 3.29. The van der Waals surface area contributed by atoms with E-state index in [1.807, 2.05) is 48.5 Å². The van der Waals surface area contributed by atoms with E-state index in [1.54, 1.807) is 24.3 Å². The van der Waals surface area contributed by atoms with Crippen LogP contribution in [-0.4, -0.2) is 26.8 Å². The lowest BCUT2D eigenvalue weighted by molar-refractivity contribution is 0.100. The van der Waals surface area contributed by atoms with E-state index >= 15 is 0 Å². The van der Waals surface area contributed by atoms with Crippen molar-refractivity contribution in [3.05, 3.63) is 95.1 Å². The largest absolute Gasteiger partial charge is 0.494 e. The molecule has 0 aliphatic rings. The molecule has 0 unspecified atom stereocenters. The number of aromatic amines is 1. The van der Waals surface area contributed by atoms with Gasteiger partial charge in [-0.3, -0.25) is 4.79 Å². The summed E-state index contributed by atoms with van der Waals surface area (Å²) >= 11 is 0. The van der Waals surface area contributed by atoms with Gasteiger partial charge in [-0.2, -0.15) is 0 Å². The standard InChI is InChI=1S/C23H19N3O3/c24-22(28)16-9-10-18-19(12-16)26-23(29)20(18)21(15-6-2-1-3-7-15)25-17-8-4-5-14(11-17)13-27/h1-12,26-27,29H,13H2,(H2,24,28). The van der Waals surface area contributed by atoms with Crippen LogP contribution in [0.3, 0.4) is 0 Å². The van der Waals surface area contributed by atoms with Crippen molar-refractivity contribution in [2.75, 3.05) is 0 Å². The Labute approximate surface area is 167 Å². The monoisotopic (exact) mass is 385 g/mol. The lowest BCUT2D eigenvalue weighted by Crippen LogP contribution is -2.10. The van der Waals surface area contributed by atoms with Crippen LogP contribution in [0.2, 0.25) is 0 Å². The summed E-state index contributed by atoms with van der Waals surface area (Å²) in [5.41, 5.74) is 9.60. The highest BCUT2D eigenvalue weighted by molar-refractivity contribution is 6.22. The third-order valence-electron chi connectivity index (χ3n) is 4.68. The summed E-state index contributed by atoms with van der Waals surface area (Å²) in [6.45, 7) is -0.0851. The Balaban J connectivity index is 1.96. The molecule has 0 fully saturated rings. The van der Waals surface area contributed by atoms with Crippen molar-refractivity contribution in [3.63, 3.8) is 0 Å². The van der Waals surface area contributed by atoms with Crippen molar-refractivity contribution < 1.29 is 15.0 Å². The van der Waals surface area contributed by atoms with Crippen molar-refractivity contribution in [2.24, 2.45) is 10.7 Å². The molecule has 6 nitrogen and oxygen atoms in total. The smallest absolute Gasteiger partial charge is 0.248 e. The van der Waals surface area contributed by atoms with Gasteiger partial charge < -0.3 is 20.9 Å². The van der Waals surface area contributed by atoms with Crippen molar-refractivity contribution in [2.45, 2.75) is 6.61 Å². The molecule has 4 aromatic rings. The number of nitrogens with zero attached hydrogens (tertiary/aromatic N) is 1. The van der Waals surface area contributed by atoms with Crippen LogP contribution in [0.1, 0.15) is 27.0 Å². The Morgan fingerprint density at radius 2 is 1.76 bits per heavy atom. The molecule has 0 aliphatic heterocycles. The zero-order valence-corrected chi connectivity index (χ0v) is 15.5. The highest BCUT2D eigenvalue weighted by Gasteiger charge is 2.19. The first kappa shape index (κ1) is 18.5. The Kier molecular flexibility index (Phi) is 4.85. The molecule has 4 rings (SSSR count). The van der Waals surface area contributed by atoms with E-state index in [4.69, 9.17) is 10.7 Å². The molecule has 0 radical (unpaired) electrons. The minimum absolute atomic E-state index is 0.0532. The molecule has 0 aliphatic carbocycles. The van der Waals surface area contributed by atoms with Gasteiger partial charge in [0.25, 0.3) is 0 Å². The van der Waals surface area contributed by atoms with E-state index in [-0.39, 0.29) is 12.5 Å². The molecule has 0 saturated heterocycles. The number of aliphatic hydroxyl groups is 1. The summed E-state index contributed by atoms with van der Waals surface area (Å²) in [4.78, 5) is 19.2. The van der Waals surface area contributed by atoms with Crippen LogP contribution in [0.15, 0.2) is 77.8 Å². The van der Waals surface area contributed by atoms with Crippen LogP contribution < -0.4 is 5.73 Å². The lowest BCUT2D eigenvalue weighted by atomic mass is 10.00. The molecular weight excluding hydrogens is 366 g/mol. The number of rotatable bonds is 5. The van der Waals surface area contributed by atoms with E-state index < -0.39 is 5.91 Å². The van der Waals surface area contributed by atoms with Gasteiger partial charge in [0.15, 0.2) is 5.88 Å². The summed E-state index contributed by atoms with van der Waals surface area (Å²) in [5, 5.41) is 20.8. The second kappa shape index (κ2) is 7.61. The molecule has 1 heterocycles. The third-order valence-corrected chi connectivity index (χ3v) is 4.68. The van der Waals surface area contributed by atoms with E-state index in [9.17, 15) is 15.0 Å². The minimum Gasteiger partial charge on any atom is -0.494 e. The number of carbonyl (C=O) groups excluding carboxylic acids is 1. The number of aliphatic imine (C=N–C) groups is 1. The van der Waals surface area contributed by atoms with Gasteiger partial charge in [-0.05, 0) is 29.8 Å². The SMILES string of the molecule is NC(=O)c1ccc2c(C(=Nc3cccc(CO)c3)c3ccccc3)c(O)[nH]c2c1. The van der Waals surface area contributed by atoms with Crippen molar-refractivity contribution >= 4 is 28.2 Å². The summed E-state index contributed by atoms with van der Waals surface area (Å²) in [7, 11) is 0. The van der Waals surface area contributed by atoms with E-state index in [0.717, 1.165) is 11.1 Å². The van der Waals surface area contributed by atoms with Gasteiger partial charge in [0.05, 0.1) is 23.6 Å². The van der Waals surface area contributed by atoms with E-state index in [2.05, 4.69) is 4.98 Å². The van der Waals surface area contributed by atoms with Crippen molar-refractivity contribution in [1.29, 1.82) is 0 Å². The number of benzene rings is 3. The number of fused-ring (bicyclic) bond motifs is 1. The molecule has 3 aromatic carbocycles. The first-order chi connectivity index (χ1) is 14.1. The molecule has 1 amide bonds. The number of aliphatic hydroxyl groups excluding tert-OH is 1. The highest BCUT2D eigenvalue weighted by atomic mass is 16.3. The zero-order valence-electron chi connectivity index (χ0n) is 15.5. The Morgan fingerprint density at radius 3 is 2.48 bits per heavy atom. The second-order valence-corrected chi connectivity index (χ2v) is 6.63. The number of nitrogens with one attached hydrogen (secondary N) is 1. The molecule has 144 valence electrons. The van der Waals surface area contributed by atoms with Gasteiger partial charge >= 0.3 is 0 Å². The van der Waals surface area contributed by atoms with Gasteiger partial charge in [0.1, 0.15) is 0 Å². The second-order valence-electron chi connectivity index (χ2n) is 6.63. The maximum Gasteiger partial charge on any atom is 0.248 e. The Hall–Kier alpha value is -3.90. The molecule has 6 heteroatoms. The topological polar surface area (TPSA) is 112 Å². The van der Waals surface area contributed by atoms with Gasteiger partial charge in [-0.15, -0.1) is 0 Å². The summed E-state index contributed by atoms with van der Waals surface area (Å²) < 4.78 is 0. The van der Waals surface area contributed by atoms with Gasteiger partial charge in [-0.25, -0.2) is 4.99 Å². The van der Waals surface area contributed by atoms with E-state index in [0.29, 0.717) is 33.4 Å². The number of amides is 1. The first-order valence-electron chi connectivity index (χ1n) is 9.05. The summed E-state index contributed by atoms with van der Waals surface area (Å²) in [5.74, 6) is -0.595. The first-order valence-corrected chi connectivity index (χ1v) is 9.05. The molecule has 0 spiro atoms. The van der Waals surface area contributed by atoms with Crippen molar-refractivity contribution in [1.82, 2.24) is 4.98 Å². The maximum absolute atomic E-state index is 11.5. The average Bonchev–Trinajstić information content (AvgIpc) is 3.07. The molecular formula is C23H19N3O3. The van der Waals surface area contributed by atoms with Crippen LogP contribution in [0.5, 0.6) is 5.88 Å². The molecule has 5 N–H and O–H groups in total. The quantitative estimate of drug-likeness (QED) is 0.394. The lowest BCUT2D eigenvalue weighted by Gasteiger charge is -2.08. The number of aromatic nitrogens is 1. The van der Waals surface area contributed by atoms with Crippen LogP contribution in [0.4, 0.5) is 5.69 Å². The summed E-state index contributed by atoms with van der Waals surface area (Å²) in [6, 6.07) is 21.7. The molecule has 1 aromatic heterocycles. The fourth-order valence-electron chi connectivity index (χ4n) is 3.29. The van der Waals surface area contributed by atoms with Crippen LogP contribution in [0.25, 0.3) is 10.9 Å². The van der Waals surface area contributed by atoms with Crippen LogP contribution in [-0.2, 0) is 6.61 Å². The van der Waals surface area contributed by atoms with Gasteiger partial charge in [-0.1, -0.05) is 48.5 Å². The zero-order chi connectivity index (χ0) is 20.4. The van der Waals surface area contributed by atoms with Crippen molar-refractivity contribution in [3.8, 4) is 5.88 Å². The normalized spacial score (nSPS) is 11.7. The number of aromatic hydroxyl groups is 1. The van der Waals surface area contributed by atoms with Crippen LogP contribution >= 0.6 is 0 Å². The molecule has 0 atom stereocenters. The minimum atomic E-state index is -0.541. The van der Waals surface area contributed by atoms with Crippen LogP contribution in [0, 0.1) is 0 Å². The highest BCUT2D eigenvalue weighted by Crippen LogP contribution is 2.32. The molecule has 0 bridgehead atoms. The fraction of sp³-hybridized carbons (Fsp3) is 0.0435. The maximum atomic E-state index is 11.5. The number of H-pyrrole nitrogens is 1. The number of hydrogen-bond donors (Lipinski definition) is 4. The number of nitrogens with two attached hydrogens (primary N) is 1. The van der Waals surface area contributed by atoms with Gasteiger partial charge in [0.2, 0.25) is 5.91 Å². The average molecular weight is 385 g/mol. The predicted molar refractivity (Wildman–Crippen MR) is 113 cm³/mol. The number of hydrogen-bond acceptors (Lipinski definition) is 4. The third kappa shape index (κ3) is 3.61. The Bertz CT molecular complexity index is 1230. The molecule has 29 heavy (non-hydrogen) atoms. The number of primary amides is 1.